The second kappa shape index (κ2) is 7.96. The summed E-state index contributed by atoms with van der Waals surface area (Å²) < 4.78 is 5.18. The van der Waals surface area contributed by atoms with Crippen molar-refractivity contribution in [2.24, 2.45) is 5.10 Å². The lowest BCUT2D eigenvalue weighted by Gasteiger charge is -2.34. The van der Waals surface area contributed by atoms with Crippen LogP contribution in [0.1, 0.15) is 27.7 Å². The number of carbonyl (C=O) groups excluding carboxylic acids is 1. The Labute approximate surface area is 164 Å². The van der Waals surface area contributed by atoms with Gasteiger partial charge in [0, 0.05) is 18.3 Å². The van der Waals surface area contributed by atoms with Crippen molar-refractivity contribution in [3.63, 3.8) is 0 Å². The molecule has 4 rings (SSSR count). The number of ether oxygens (including phenoxy) is 1. The second-order valence-electron chi connectivity index (χ2n) is 6.50. The molecule has 1 atom stereocenters. The first-order valence-electron chi connectivity index (χ1n) is 9.16. The topological polar surface area (TPSA) is 53.9 Å². The van der Waals surface area contributed by atoms with E-state index in [9.17, 15) is 4.79 Å². The Bertz CT molecular complexity index is 984. The molecule has 0 bridgehead atoms. The summed E-state index contributed by atoms with van der Waals surface area (Å²) in [5.41, 5.74) is 3.52. The minimum Gasteiger partial charge on any atom is -0.497 e. The zero-order valence-electron chi connectivity index (χ0n) is 15.6. The van der Waals surface area contributed by atoms with Gasteiger partial charge in [-0.1, -0.05) is 54.6 Å². The van der Waals surface area contributed by atoms with E-state index < -0.39 is 0 Å². The first kappa shape index (κ1) is 17.8. The van der Waals surface area contributed by atoms with E-state index in [1.807, 2.05) is 78.9 Å². The minimum absolute atomic E-state index is 0.116. The molecule has 0 spiro atoms. The average Bonchev–Trinajstić information content (AvgIpc) is 2.76. The first-order valence-corrected chi connectivity index (χ1v) is 9.16. The van der Waals surface area contributed by atoms with Gasteiger partial charge in [-0.25, -0.2) is 5.01 Å². The highest BCUT2D eigenvalue weighted by atomic mass is 16.5. The molecule has 1 N–H and O–H groups in total. The Morgan fingerprint density at radius 3 is 2.46 bits per heavy atom. The van der Waals surface area contributed by atoms with E-state index >= 15 is 0 Å². The van der Waals surface area contributed by atoms with Crippen molar-refractivity contribution >= 4 is 17.8 Å². The molecule has 3 aromatic rings. The number of fused-ring (bicyclic) bond motifs is 1. The molecule has 0 aliphatic carbocycles. The highest BCUT2D eigenvalue weighted by Crippen LogP contribution is 2.33. The van der Waals surface area contributed by atoms with Crippen LogP contribution in [0.5, 0.6) is 5.75 Å². The van der Waals surface area contributed by atoms with E-state index in [0.717, 1.165) is 22.6 Å². The maximum atomic E-state index is 13.1. The summed E-state index contributed by atoms with van der Waals surface area (Å²) in [6, 6.07) is 25.2. The van der Waals surface area contributed by atoms with Crippen molar-refractivity contribution in [2.45, 2.75) is 12.6 Å². The fraction of sp³-hybridized carbons (Fsp3) is 0.130. The number of carbonyl (C=O) groups is 1. The Kier molecular flexibility index (Phi) is 5.06. The van der Waals surface area contributed by atoms with Gasteiger partial charge < -0.3 is 10.1 Å². The van der Waals surface area contributed by atoms with Gasteiger partial charge in [0.05, 0.1) is 12.7 Å². The summed E-state index contributed by atoms with van der Waals surface area (Å²) in [5.74, 6) is 0.700. The molecule has 5 heteroatoms. The first-order chi connectivity index (χ1) is 13.8. The van der Waals surface area contributed by atoms with Gasteiger partial charge in [0.25, 0.3) is 5.91 Å². The Morgan fingerprint density at radius 1 is 1.00 bits per heavy atom. The number of hydrogen-bond acceptors (Lipinski definition) is 4. The molecule has 5 nitrogen and oxygen atoms in total. The summed E-state index contributed by atoms with van der Waals surface area (Å²) in [7, 11) is 1.65. The molecular formula is C23H21N3O2. The van der Waals surface area contributed by atoms with Crippen LogP contribution >= 0.6 is 0 Å². The molecule has 0 radical (unpaired) electrons. The molecule has 140 valence electrons. The predicted molar refractivity (Wildman–Crippen MR) is 111 cm³/mol. The van der Waals surface area contributed by atoms with Gasteiger partial charge >= 0.3 is 0 Å². The molecule has 0 fully saturated rings. The van der Waals surface area contributed by atoms with E-state index in [4.69, 9.17) is 4.74 Å². The van der Waals surface area contributed by atoms with Crippen LogP contribution in [0.3, 0.4) is 0 Å². The van der Waals surface area contributed by atoms with Gasteiger partial charge in [0.15, 0.2) is 6.17 Å². The molecule has 28 heavy (non-hydrogen) atoms. The SMILES string of the molecule is COc1ccc(CC=NN2C(=O)c3ccccc3NC2c2ccccc2)cc1. The number of nitrogens with zero attached hydrogens (tertiary/aromatic N) is 2. The lowest BCUT2D eigenvalue weighted by atomic mass is 10.1. The van der Waals surface area contributed by atoms with Crippen LogP contribution in [-0.2, 0) is 6.42 Å². The van der Waals surface area contributed by atoms with Gasteiger partial charge in [0.2, 0.25) is 0 Å². The van der Waals surface area contributed by atoms with Crippen LogP contribution < -0.4 is 10.1 Å². The largest absolute Gasteiger partial charge is 0.497 e. The molecule has 1 heterocycles. The summed E-state index contributed by atoms with van der Waals surface area (Å²) in [6.45, 7) is 0. The molecule has 0 saturated heterocycles. The van der Waals surface area contributed by atoms with Gasteiger partial charge in [0.1, 0.15) is 5.75 Å². The number of methoxy groups -OCH3 is 1. The van der Waals surface area contributed by atoms with Crippen LogP contribution in [0.15, 0.2) is 84.0 Å². The number of benzene rings is 3. The van der Waals surface area contributed by atoms with Crippen LogP contribution in [0, 0.1) is 0 Å². The summed E-state index contributed by atoms with van der Waals surface area (Å²) in [5, 5.41) is 9.47. The predicted octanol–water partition coefficient (Wildman–Crippen LogP) is 4.49. The lowest BCUT2D eigenvalue weighted by molar-refractivity contribution is 0.0691. The number of hydrazone groups is 1. The molecule has 1 amide bonds. The fourth-order valence-electron chi connectivity index (χ4n) is 3.22. The standard InChI is InChI=1S/C23H21N3O2/c1-28-19-13-11-17(12-14-19)15-16-24-26-22(18-7-3-2-4-8-18)25-21-10-6-5-9-20(21)23(26)27/h2-14,16,22,25H,15H2,1H3. The minimum atomic E-state index is -0.351. The monoisotopic (exact) mass is 371 g/mol. The maximum Gasteiger partial charge on any atom is 0.278 e. The van der Waals surface area contributed by atoms with Crippen LogP contribution in [-0.4, -0.2) is 24.2 Å². The normalized spacial score (nSPS) is 16.0. The van der Waals surface area contributed by atoms with E-state index in [-0.39, 0.29) is 12.1 Å². The van der Waals surface area contributed by atoms with E-state index in [2.05, 4.69) is 10.4 Å². The molecule has 1 aliphatic rings. The molecule has 0 saturated carbocycles. The zero-order valence-corrected chi connectivity index (χ0v) is 15.6. The van der Waals surface area contributed by atoms with E-state index in [1.54, 1.807) is 13.3 Å². The quantitative estimate of drug-likeness (QED) is 0.672. The van der Waals surface area contributed by atoms with Gasteiger partial charge in [-0.15, -0.1) is 0 Å². The van der Waals surface area contributed by atoms with Crippen LogP contribution in [0.25, 0.3) is 0 Å². The zero-order chi connectivity index (χ0) is 19.3. The molecule has 0 aromatic heterocycles. The van der Waals surface area contributed by atoms with Gasteiger partial charge in [-0.2, -0.15) is 5.10 Å². The molecular weight excluding hydrogens is 350 g/mol. The molecule has 3 aromatic carbocycles. The number of nitrogens with one attached hydrogen (secondary N) is 1. The van der Waals surface area contributed by atoms with E-state index in [0.29, 0.717) is 12.0 Å². The number of anilines is 1. The summed E-state index contributed by atoms with van der Waals surface area (Å²) >= 11 is 0. The van der Waals surface area contributed by atoms with Crippen molar-refractivity contribution in [3.8, 4) is 5.75 Å². The third-order valence-electron chi connectivity index (χ3n) is 4.71. The van der Waals surface area contributed by atoms with Crippen molar-refractivity contribution in [1.82, 2.24) is 5.01 Å². The van der Waals surface area contributed by atoms with Crippen molar-refractivity contribution < 1.29 is 9.53 Å². The highest BCUT2D eigenvalue weighted by molar-refractivity contribution is 6.01. The molecule has 1 aliphatic heterocycles. The lowest BCUT2D eigenvalue weighted by Crippen LogP contribution is -2.39. The smallest absolute Gasteiger partial charge is 0.278 e. The van der Waals surface area contributed by atoms with Crippen molar-refractivity contribution in [2.75, 3.05) is 12.4 Å². The van der Waals surface area contributed by atoms with Gasteiger partial charge in [-0.05, 0) is 35.4 Å². The summed E-state index contributed by atoms with van der Waals surface area (Å²) in [6.07, 6.45) is 2.04. The van der Waals surface area contributed by atoms with E-state index in [1.165, 1.54) is 5.01 Å². The fourth-order valence-corrected chi connectivity index (χ4v) is 3.22. The number of rotatable bonds is 5. The Balaban J connectivity index is 1.60. The van der Waals surface area contributed by atoms with Crippen LogP contribution in [0.2, 0.25) is 0 Å². The highest BCUT2D eigenvalue weighted by Gasteiger charge is 2.32. The maximum absolute atomic E-state index is 13.1. The number of para-hydroxylation sites is 1. The average molecular weight is 371 g/mol. The van der Waals surface area contributed by atoms with Crippen molar-refractivity contribution in [3.05, 3.63) is 95.6 Å². The third kappa shape index (κ3) is 3.60. The molecule has 1 unspecified atom stereocenters. The second-order valence-corrected chi connectivity index (χ2v) is 6.50. The Morgan fingerprint density at radius 2 is 1.71 bits per heavy atom. The number of hydrogen-bond donors (Lipinski definition) is 1. The van der Waals surface area contributed by atoms with Crippen LogP contribution in [0.4, 0.5) is 5.69 Å². The summed E-state index contributed by atoms with van der Waals surface area (Å²) in [4.78, 5) is 13.1. The van der Waals surface area contributed by atoms with Crippen molar-refractivity contribution in [1.29, 1.82) is 0 Å². The van der Waals surface area contributed by atoms with Gasteiger partial charge in [-0.3, -0.25) is 4.79 Å². The third-order valence-corrected chi connectivity index (χ3v) is 4.71. The number of amides is 1. The Hall–Kier alpha value is -3.60.